The predicted octanol–water partition coefficient (Wildman–Crippen LogP) is 3.56. The van der Waals surface area contributed by atoms with Crippen LogP contribution in [-0.2, 0) is 4.79 Å². The SMILES string of the molecule is CCCCCC(=O)Nc1c(Cl)cccc1C(=O)O. The summed E-state index contributed by atoms with van der Waals surface area (Å²) in [5, 5.41) is 11.8. The van der Waals surface area contributed by atoms with Gasteiger partial charge in [0.25, 0.3) is 0 Å². The fraction of sp³-hybridized carbons (Fsp3) is 0.385. The van der Waals surface area contributed by atoms with Crippen LogP contribution in [0.3, 0.4) is 0 Å². The summed E-state index contributed by atoms with van der Waals surface area (Å²) in [6.07, 6.45) is 3.16. The normalized spacial score (nSPS) is 10.1. The minimum Gasteiger partial charge on any atom is -0.478 e. The summed E-state index contributed by atoms with van der Waals surface area (Å²) in [4.78, 5) is 22.7. The Hall–Kier alpha value is -1.55. The van der Waals surface area contributed by atoms with Gasteiger partial charge in [-0.1, -0.05) is 37.4 Å². The first-order valence-corrected chi connectivity index (χ1v) is 6.25. The number of halogens is 1. The molecule has 0 heterocycles. The van der Waals surface area contributed by atoms with Crippen molar-refractivity contribution in [1.29, 1.82) is 0 Å². The smallest absolute Gasteiger partial charge is 0.337 e. The number of hydrogen-bond acceptors (Lipinski definition) is 2. The molecule has 1 aromatic rings. The van der Waals surface area contributed by atoms with E-state index in [9.17, 15) is 9.59 Å². The van der Waals surface area contributed by atoms with E-state index in [2.05, 4.69) is 12.2 Å². The summed E-state index contributed by atoms with van der Waals surface area (Å²) < 4.78 is 0. The van der Waals surface area contributed by atoms with Crippen LogP contribution in [0.25, 0.3) is 0 Å². The Morgan fingerprint density at radius 1 is 1.33 bits per heavy atom. The zero-order chi connectivity index (χ0) is 13.5. The highest BCUT2D eigenvalue weighted by atomic mass is 35.5. The first-order chi connectivity index (χ1) is 8.56. The maximum absolute atomic E-state index is 11.7. The number of amides is 1. The highest BCUT2D eigenvalue weighted by Crippen LogP contribution is 2.26. The molecule has 0 spiro atoms. The first kappa shape index (κ1) is 14.5. The highest BCUT2D eigenvalue weighted by Gasteiger charge is 2.15. The van der Waals surface area contributed by atoms with Crippen molar-refractivity contribution in [3.8, 4) is 0 Å². The molecule has 0 aliphatic heterocycles. The lowest BCUT2D eigenvalue weighted by atomic mass is 10.1. The van der Waals surface area contributed by atoms with E-state index < -0.39 is 5.97 Å². The first-order valence-electron chi connectivity index (χ1n) is 5.88. The molecule has 98 valence electrons. The van der Waals surface area contributed by atoms with Crippen LogP contribution in [-0.4, -0.2) is 17.0 Å². The molecule has 0 saturated carbocycles. The summed E-state index contributed by atoms with van der Waals surface area (Å²) in [6.45, 7) is 2.05. The minimum absolute atomic E-state index is 0.00587. The lowest BCUT2D eigenvalue weighted by Gasteiger charge is -2.10. The van der Waals surface area contributed by atoms with Crippen molar-refractivity contribution in [3.63, 3.8) is 0 Å². The average molecular weight is 270 g/mol. The zero-order valence-corrected chi connectivity index (χ0v) is 11.0. The summed E-state index contributed by atoms with van der Waals surface area (Å²) >= 11 is 5.90. The lowest BCUT2D eigenvalue weighted by Crippen LogP contribution is -2.14. The van der Waals surface area contributed by atoms with Crippen LogP contribution in [0.5, 0.6) is 0 Å². The molecule has 0 fully saturated rings. The largest absolute Gasteiger partial charge is 0.478 e. The monoisotopic (exact) mass is 269 g/mol. The van der Waals surface area contributed by atoms with Crippen molar-refractivity contribution in [2.75, 3.05) is 5.32 Å². The van der Waals surface area contributed by atoms with Gasteiger partial charge in [-0.15, -0.1) is 0 Å². The summed E-state index contributed by atoms with van der Waals surface area (Å²) in [6, 6.07) is 4.50. The number of benzene rings is 1. The molecule has 0 radical (unpaired) electrons. The fourth-order valence-corrected chi connectivity index (χ4v) is 1.79. The van der Waals surface area contributed by atoms with Crippen LogP contribution in [0.4, 0.5) is 5.69 Å². The second kappa shape index (κ2) is 7.01. The third-order valence-corrected chi connectivity index (χ3v) is 2.83. The standard InChI is InChI=1S/C13H16ClNO3/c1-2-3-4-8-11(16)15-12-9(13(17)18)6-5-7-10(12)14/h5-7H,2-4,8H2,1H3,(H,15,16)(H,17,18). The second-order valence-corrected chi connectivity index (χ2v) is 4.38. The van der Waals surface area contributed by atoms with Gasteiger partial charge in [0.1, 0.15) is 0 Å². The summed E-state index contributed by atoms with van der Waals surface area (Å²) in [7, 11) is 0. The van der Waals surface area contributed by atoms with Gasteiger partial charge in [-0.05, 0) is 18.6 Å². The Bertz CT molecular complexity index is 446. The number of para-hydroxylation sites is 1. The maximum Gasteiger partial charge on any atom is 0.337 e. The van der Waals surface area contributed by atoms with Gasteiger partial charge in [0, 0.05) is 6.42 Å². The van der Waals surface area contributed by atoms with Gasteiger partial charge in [0.05, 0.1) is 16.3 Å². The highest BCUT2D eigenvalue weighted by molar-refractivity contribution is 6.34. The Balaban J connectivity index is 2.77. The molecule has 0 unspecified atom stereocenters. The van der Waals surface area contributed by atoms with E-state index in [-0.39, 0.29) is 22.2 Å². The van der Waals surface area contributed by atoms with E-state index in [4.69, 9.17) is 16.7 Å². The van der Waals surface area contributed by atoms with Crippen molar-refractivity contribution in [2.24, 2.45) is 0 Å². The lowest BCUT2D eigenvalue weighted by molar-refractivity contribution is -0.116. The third-order valence-electron chi connectivity index (χ3n) is 2.52. The van der Waals surface area contributed by atoms with E-state index in [1.54, 1.807) is 12.1 Å². The fourth-order valence-electron chi connectivity index (χ4n) is 1.57. The molecule has 2 N–H and O–H groups in total. The zero-order valence-electron chi connectivity index (χ0n) is 10.2. The number of carbonyl (C=O) groups excluding carboxylic acids is 1. The molecular formula is C13H16ClNO3. The Morgan fingerprint density at radius 2 is 2.06 bits per heavy atom. The van der Waals surface area contributed by atoms with Gasteiger partial charge in [0.15, 0.2) is 0 Å². The summed E-state index contributed by atoms with van der Waals surface area (Å²) in [5.74, 6) is -1.32. The predicted molar refractivity (Wildman–Crippen MR) is 71.2 cm³/mol. The molecule has 0 aliphatic carbocycles. The Morgan fingerprint density at radius 3 is 2.67 bits per heavy atom. The van der Waals surface area contributed by atoms with E-state index >= 15 is 0 Å². The van der Waals surface area contributed by atoms with Gasteiger partial charge in [-0.25, -0.2) is 4.79 Å². The van der Waals surface area contributed by atoms with Gasteiger partial charge >= 0.3 is 5.97 Å². The molecule has 0 aromatic heterocycles. The summed E-state index contributed by atoms with van der Waals surface area (Å²) in [5.41, 5.74) is 0.180. The third kappa shape index (κ3) is 4.04. The second-order valence-electron chi connectivity index (χ2n) is 3.97. The number of carboxylic acid groups (broad SMARTS) is 1. The van der Waals surface area contributed by atoms with Crippen LogP contribution in [0.1, 0.15) is 43.0 Å². The van der Waals surface area contributed by atoms with E-state index in [0.717, 1.165) is 19.3 Å². The molecule has 4 nitrogen and oxygen atoms in total. The molecule has 0 bridgehead atoms. The number of rotatable bonds is 6. The maximum atomic E-state index is 11.7. The molecule has 1 aromatic carbocycles. The number of nitrogens with one attached hydrogen (secondary N) is 1. The van der Waals surface area contributed by atoms with Gasteiger partial charge in [-0.3, -0.25) is 4.79 Å². The van der Waals surface area contributed by atoms with E-state index in [1.165, 1.54) is 6.07 Å². The van der Waals surface area contributed by atoms with E-state index in [1.807, 2.05) is 0 Å². The molecule has 0 atom stereocenters. The van der Waals surface area contributed by atoms with Crippen molar-refractivity contribution in [1.82, 2.24) is 0 Å². The van der Waals surface area contributed by atoms with Crippen LogP contribution >= 0.6 is 11.6 Å². The van der Waals surface area contributed by atoms with Gasteiger partial charge < -0.3 is 10.4 Å². The van der Waals surface area contributed by atoms with Gasteiger partial charge in [0.2, 0.25) is 5.91 Å². The quantitative estimate of drug-likeness (QED) is 0.776. The molecular weight excluding hydrogens is 254 g/mol. The van der Waals surface area contributed by atoms with Crippen LogP contribution in [0.15, 0.2) is 18.2 Å². The number of unbranched alkanes of at least 4 members (excludes halogenated alkanes) is 2. The number of carboxylic acids is 1. The van der Waals surface area contributed by atoms with Crippen LogP contribution < -0.4 is 5.32 Å². The van der Waals surface area contributed by atoms with Crippen molar-refractivity contribution >= 4 is 29.2 Å². The minimum atomic E-state index is -1.11. The van der Waals surface area contributed by atoms with Crippen LogP contribution in [0, 0.1) is 0 Å². The van der Waals surface area contributed by atoms with Crippen molar-refractivity contribution < 1.29 is 14.7 Å². The van der Waals surface area contributed by atoms with Crippen molar-refractivity contribution in [2.45, 2.75) is 32.6 Å². The van der Waals surface area contributed by atoms with Gasteiger partial charge in [-0.2, -0.15) is 0 Å². The molecule has 0 aliphatic rings. The topological polar surface area (TPSA) is 66.4 Å². The molecule has 0 saturated heterocycles. The number of aromatic carboxylic acids is 1. The Kier molecular flexibility index (Phi) is 5.65. The number of carbonyl (C=O) groups is 2. The molecule has 1 amide bonds. The Labute approximate surface area is 111 Å². The molecule has 18 heavy (non-hydrogen) atoms. The molecule has 1 rings (SSSR count). The number of anilines is 1. The van der Waals surface area contributed by atoms with E-state index in [0.29, 0.717) is 6.42 Å². The van der Waals surface area contributed by atoms with Crippen molar-refractivity contribution in [3.05, 3.63) is 28.8 Å². The number of hydrogen-bond donors (Lipinski definition) is 2. The average Bonchev–Trinajstić information content (AvgIpc) is 2.31. The van der Waals surface area contributed by atoms with Crippen LogP contribution in [0.2, 0.25) is 5.02 Å². The molecule has 5 heteroatoms.